The van der Waals surface area contributed by atoms with E-state index in [1.807, 2.05) is 17.4 Å². The lowest BCUT2D eigenvalue weighted by atomic mass is 10.1. The van der Waals surface area contributed by atoms with Crippen LogP contribution in [-0.4, -0.2) is 7.11 Å². The summed E-state index contributed by atoms with van der Waals surface area (Å²) in [4.78, 5) is 2.95. The fourth-order valence-corrected chi connectivity index (χ4v) is 4.43. The fourth-order valence-electron chi connectivity index (χ4n) is 1.90. The molecule has 1 heterocycles. The average molecular weight is 390 g/mol. The number of rotatable bonds is 3. The highest BCUT2D eigenvalue weighted by atomic mass is 79.9. The van der Waals surface area contributed by atoms with Gasteiger partial charge in [-0.2, -0.15) is 0 Å². The smallest absolute Gasteiger partial charge is 0.133 e. The number of methoxy groups -OCH3 is 1. The Hall–Kier alpha value is -0.320. The molecule has 0 fully saturated rings. The standard InChI is InChI=1S/C14H14Br2OS/c1-8-6-9(2)18-14(8)13(16)10-4-5-12(17-3)11(15)7-10/h4-7,13H,1-3H3. The normalized spacial score (nSPS) is 12.5. The van der Waals surface area contributed by atoms with Crippen molar-refractivity contribution in [2.75, 3.05) is 7.11 Å². The van der Waals surface area contributed by atoms with E-state index < -0.39 is 0 Å². The van der Waals surface area contributed by atoms with Gasteiger partial charge in [0.2, 0.25) is 0 Å². The van der Waals surface area contributed by atoms with E-state index in [1.54, 1.807) is 7.11 Å². The van der Waals surface area contributed by atoms with Gasteiger partial charge in [0, 0.05) is 9.75 Å². The van der Waals surface area contributed by atoms with Crippen molar-refractivity contribution in [3.8, 4) is 5.75 Å². The second kappa shape index (κ2) is 5.76. The zero-order valence-corrected chi connectivity index (χ0v) is 14.4. The summed E-state index contributed by atoms with van der Waals surface area (Å²) in [5, 5.41) is 0. The number of hydrogen-bond donors (Lipinski definition) is 0. The Kier molecular flexibility index (Phi) is 4.51. The molecule has 1 unspecified atom stereocenters. The quantitative estimate of drug-likeness (QED) is 0.619. The average Bonchev–Trinajstić information content (AvgIpc) is 2.67. The van der Waals surface area contributed by atoms with Crippen LogP contribution < -0.4 is 4.74 Å². The SMILES string of the molecule is COc1ccc(C(Br)c2sc(C)cc2C)cc1Br. The van der Waals surface area contributed by atoms with Crippen LogP contribution in [0.4, 0.5) is 0 Å². The predicted molar refractivity (Wildman–Crippen MR) is 85.3 cm³/mol. The minimum Gasteiger partial charge on any atom is -0.496 e. The summed E-state index contributed by atoms with van der Waals surface area (Å²) >= 11 is 9.16. The second-order valence-corrected chi connectivity index (χ2v) is 7.22. The van der Waals surface area contributed by atoms with Crippen LogP contribution in [0.5, 0.6) is 5.75 Å². The van der Waals surface area contributed by atoms with E-state index in [4.69, 9.17) is 4.74 Å². The minimum absolute atomic E-state index is 0.235. The highest BCUT2D eigenvalue weighted by Gasteiger charge is 2.16. The summed E-state index contributed by atoms with van der Waals surface area (Å²) in [5.41, 5.74) is 2.57. The van der Waals surface area contributed by atoms with E-state index in [0.717, 1.165) is 10.2 Å². The maximum absolute atomic E-state index is 5.25. The van der Waals surface area contributed by atoms with E-state index in [2.05, 4.69) is 63.9 Å². The van der Waals surface area contributed by atoms with E-state index in [9.17, 15) is 0 Å². The topological polar surface area (TPSA) is 9.23 Å². The third-order valence-corrected chi connectivity index (χ3v) is 5.90. The molecule has 1 nitrogen and oxygen atoms in total. The van der Waals surface area contributed by atoms with E-state index in [0.29, 0.717) is 0 Å². The summed E-state index contributed by atoms with van der Waals surface area (Å²) in [7, 11) is 1.68. The summed E-state index contributed by atoms with van der Waals surface area (Å²) < 4.78 is 6.24. The number of aryl methyl sites for hydroxylation is 2. The van der Waals surface area contributed by atoms with Crippen LogP contribution in [0.1, 0.15) is 25.7 Å². The van der Waals surface area contributed by atoms with Crippen molar-refractivity contribution in [1.82, 2.24) is 0 Å². The Morgan fingerprint density at radius 3 is 2.44 bits per heavy atom. The van der Waals surface area contributed by atoms with Crippen molar-refractivity contribution in [2.24, 2.45) is 0 Å². The molecule has 0 radical (unpaired) electrons. The number of thiophene rings is 1. The number of alkyl halides is 1. The molecule has 0 aliphatic rings. The molecule has 0 amide bonds. The lowest BCUT2D eigenvalue weighted by Gasteiger charge is -2.12. The van der Waals surface area contributed by atoms with Crippen molar-refractivity contribution in [3.05, 3.63) is 49.6 Å². The monoisotopic (exact) mass is 388 g/mol. The largest absolute Gasteiger partial charge is 0.496 e. The number of ether oxygens (including phenoxy) is 1. The van der Waals surface area contributed by atoms with Gasteiger partial charge in [-0.1, -0.05) is 22.0 Å². The molecule has 18 heavy (non-hydrogen) atoms. The fraction of sp³-hybridized carbons (Fsp3) is 0.286. The van der Waals surface area contributed by atoms with Crippen LogP contribution in [0.15, 0.2) is 28.7 Å². The molecule has 0 saturated carbocycles. The van der Waals surface area contributed by atoms with Crippen LogP contribution >= 0.6 is 43.2 Å². The Labute approximate surface area is 128 Å². The van der Waals surface area contributed by atoms with Crippen LogP contribution in [0, 0.1) is 13.8 Å². The highest BCUT2D eigenvalue weighted by Crippen LogP contribution is 2.39. The van der Waals surface area contributed by atoms with Gasteiger partial charge >= 0.3 is 0 Å². The first-order valence-electron chi connectivity index (χ1n) is 5.57. The molecule has 2 rings (SSSR count). The van der Waals surface area contributed by atoms with Gasteiger partial charge in [-0.3, -0.25) is 0 Å². The number of halogens is 2. The van der Waals surface area contributed by atoms with Gasteiger partial charge in [0.15, 0.2) is 0 Å². The van der Waals surface area contributed by atoms with Crippen molar-refractivity contribution < 1.29 is 4.74 Å². The van der Waals surface area contributed by atoms with Crippen molar-refractivity contribution in [2.45, 2.75) is 18.7 Å². The van der Waals surface area contributed by atoms with E-state index in [-0.39, 0.29) is 4.83 Å². The zero-order chi connectivity index (χ0) is 13.3. The zero-order valence-electron chi connectivity index (χ0n) is 10.5. The molecule has 96 valence electrons. The van der Waals surface area contributed by atoms with Gasteiger partial charge in [-0.25, -0.2) is 0 Å². The Morgan fingerprint density at radius 2 is 1.94 bits per heavy atom. The molecule has 1 aromatic carbocycles. The van der Waals surface area contributed by atoms with Crippen LogP contribution in [0.25, 0.3) is 0 Å². The summed E-state index contributed by atoms with van der Waals surface area (Å²) in [5.74, 6) is 0.859. The first-order valence-corrected chi connectivity index (χ1v) is 8.10. The highest BCUT2D eigenvalue weighted by molar-refractivity contribution is 9.10. The summed E-state index contributed by atoms with van der Waals surface area (Å²) in [6, 6.07) is 8.42. The summed E-state index contributed by atoms with van der Waals surface area (Å²) in [6.45, 7) is 4.30. The Morgan fingerprint density at radius 1 is 1.22 bits per heavy atom. The lowest BCUT2D eigenvalue weighted by Crippen LogP contribution is -1.93. The Balaban J connectivity index is 2.37. The molecule has 0 spiro atoms. The van der Waals surface area contributed by atoms with Gasteiger partial charge in [0.1, 0.15) is 5.75 Å². The molecule has 0 saturated heterocycles. The Bertz CT molecular complexity index is 563. The minimum atomic E-state index is 0.235. The third-order valence-electron chi connectivity index (χ3n) is 2.78. The first-order chi connectivity index (χ1) is 8.52. The third kappa shape index (κ3) is 2.81. The molecule has 0 aliphatic heterocycles. The van der Waals surface area contributed by atoms with E-state index >= 15 is 0 Å². The second-order valence-electron chi connectivity index (χ2n) is 4.16. The molecule has 0 bridgehead atoms. The van der Waals surface area contributed by atoms with Crippen molar-refractivity contribution >= 4 is 43.2 Å². The number of hydrogen-bond acceptors (Lipinski definition) is 2. The summed E-state index contributed by atoms with van der Waals surface area (Å²) in [6.07, 6.45) is 0. The van der Waals surface area contributed by atoms with Gasteiger partial charge in [-0.15, -0.1) is 11.3 Å². The first kappa shape index (κ1) is 14.1. The molecule has 0 N–H and O–H groups in total. The van der Waals surface area contributed by atoms with Gasteiger partial charge in [0.05, 0.1) is 16.4 Å². The van der Waals surface area contributed by atoms with Crippen molar-refractivity contribution in [1.29, 1.82) is 0 Å². The lowest BCUT2D eigenvalue weighted by molar-refractivity contribution is 0.412. The molecular formula is C14H14Br2OS. The van der Waals surface area contributed by atoms with Crippen LogP contribution in [0.2, 0.25) is 0 Å². The van der Waals surface area contributed by atoms with Crippen LogP contribution in [0.3, 0.4) is 0 Å². The molecule has 1 aromatic heterocycles. The van der Waals surface area contributed by atoms with E-state index in [1.165, 1.54) is 20.9 Å². The molecule has 4 heteroatoms. The number of benzene rings is 1. The van der Waals surface area contributed by atoms with Crippen LogP contribution in [-0.2, 0) is 0 Å². The maximum atomic E-state index is 5.25. The predicted octanol–water partition coefficient (Wildman–Crippen LogP) is 5.62. The molecule has 2 aromatic rings. The van der Waals surface area contributed by atoms with Crippen molar-refractivity contribution in [3.63, 3.8) is 0 Å². The molecule has 0 aliphatic carbocycles. The molecule has 1 atom stereocenters. The molecular weight excluding hydrogens is 376 g/mol. The van der Waals surface area contributed by atoms with Gasteiger partial charge in [-0.05, 0) is 59.1 Å². The van der Waals surface area contributed by atoms with Gasteiger partial charge in [0.25, 0.3) is 0 Å². The van der Waals surface area contributed by atoms with Gasteiger partial charge < -0.3 is 4.74 Å². The maximum Gasteiger partial charge on any atom is 0.133 e.